The molecule has 0 bridgehead atoms. The maximum atomic E-state index is 11.9. The summed E-state index contributed by atoms with van der Waals surface area (Å²) in [6.07, 6.45) is -4.39. The molecule has 0 amide bonds. The molecule has 0 fully saturated rings. The summed E-state index contributed by atoms with van der Waals surface area (Å²) in [5.41, 5.74) is 0. The minimum atomic E-state index is -4.57. The van der Waals surface area contributed by atoms with Crippen LogP contribution in [0.15, 0.2) is 4.42 Å². The Labute approximate surface area is 71.7 Å². The first-order valence-electron chi connectivity index (χ1n) is 3.42. The highest BCUT2D eigenvalue weighted by atomic mass is 19.4. The van der Waals surface area contributed by atoms with Crippen molar-refractivity contribution in [1.82, 2.24) is 10.2 Å². The number of alkyl halides is 3. The molecule has 0 N–H and O–H groups in total. The van der Waals surface area contributed by atoms with Crippen LogP contribution >= 0.6 is 0 Å². The lowest BCUT2D eigenvalue weighted by Gasteiger charge is -1.97. The molecule has 0 radical (unpaired) electrons. The average Bonchev–Trinajstić information content (AvgIpc) is 2.47. The monoisotopic (exact) mass is 196 g/mol. The van der Waals surface area contributed by atoms with Crippen LogP contribution in [0.25, 0.3) is 0 Å². The number of aromatic nitrogens is 2. The van der Waals surface area contributed by atoms with Crippen LogP contribution in [-0.2, 0) is 17.3 Å². The van der Waals surface area contributed by atoms with E-state index in [0.29, 0.717) is 0 Å². The summed E-state index contributed by atoms with van der Waals surface area (Å²) in [5.74, 6) is -1.40. The number of methoxy groups -OCH3 is 1. The zero-order valence-corrected chi connectivity index (χ0v) is 6.76. The van der Waals surface area contributed by atoms with Crippen molar-refractivity contribution in [2.75, 3.05) is 13.7 Å². The molecule has 74 valence electrons. The standard InChI is InChI=1S/C6H7F3N2O2/c1-12-3-2-4-10-11-5(13-4)6(7,8)9/h2-3H2,1H3. The molecule has 0 spiro atoms. The summed E-state index contributed by atoms with van der Waals surface area (Å²) in [6, 6.07) is 0. The van der Waals surface area contributed by atoms with Crippen molar-refractivity contribution in [3.63, 3.8) is 0 Å². The quantitative estimate of drug-likeness (QED) is 0.730. The zero-order chi connectivity index (χ0) is 9.90. The summed E-state index contributed by atoms with van der Waals surface area (Å²) >= 11 is 0. The normalized spacial score (nSPS) is 12.0. The Morgan fingerprint density at radius 2 is 2.08 bits per heavy atom. The molecular weight excluding hydrogens is 189 g/mol. The average molecular weight is 196 g/mol. The van der Waals surface area contributed by atoms with Gasteiger partial charge in [0.2, 0.25) is 5.89 Å². The molecule has 13 heavy (non-hydrogen) atoms. The van der Waals surface area contributed by atoms with Gasteiger partial charge in [0, 0.05) is 13.5 Å². The Bertz CT molecular complexity index is 271. The van der Waals surface area contributed by atoms with Crippen molar-refractivity contribution in [3.05, 3.63) is 11.8 Å². The van der Waals surface area contributed by atoms with Gasteiger partial charge in [-0.3, -0.25) is 0 Å². The first-order chi connectivity index (χ1) is 6.04. The molecule has 0 atom stereocenters. The van der Waals surface area contributed by atoms with Gasteiger partial charge >= 0.3 is 12.1 Å². The van der Waals surface area contributed by atoms with Gasteiger partial charge in [-0.1, -0.05) is 0 Å². The van der Waals surface area contributed by atoms with Crippen LogP contribution in [0, 0.1) is 0 Å². The SMILES string of the molecule is COCCc1nnc(C(F)(F)F)o1. The number of hydrogen-bond acceptors (Lipinski definition) is 4. The number of rotatable bonds is 3. The van der Waals surface area contributed by atoms with E-state index < -0.39 is 12.1 Å². The second-order valence-electron chi connectivity index (χ2n) is 2.24. The van der Waals surface area contributed by atoms with Crippen molar-refractivity contribution in [2.24, 2.45) is 0 Å². The number of nitrogens with zero attached hydrogens (tertiary/aromatic N) is 2. The summed E-state index contributed by atoms with van der Waals surface area (Å²) in [4.78, 5) is 0. The molecule has 0 saturated carbocycles. The third kappa shape index (κ3) is 2.69. The maximum absolute atomic E-state index is 11.9. The smallest absolute Gasteiger partial charge is 0.417 e. The van der Waals surface area contributed by atoms with E-state index in [0.717, 1.165) is 0 Å². The van der Waals surface area contributed by atoms with Gasteiger partial charge in [0.1, 0.15) is 0 Å². The number of halogens is 3. The third-order valence-electron chi connectivity index (χ3n) is 1.23. The van der Waals surface area contributed by atoms with Gasteiger partial charge in [-0.05, 0) is 0 Å². The molecule has 1 rings (SSSR count). The van der Waals surface area contributed by atoms with Gasteiger partial charge in [-0.25, -0.2) is 0 Å². The Morgan fingerprint density at radius 1 is 1.38 bits per heavy atom. The molecule has 1 aromatic heterocycles. The highest BCUT2D eigenvalue weighted by Crippen LogP contribution is 2.27. The highest BCUT2D eigenvalue weighted by molar-refractivity contribution is 4.86. The van der Waals surface area contributed by atoms with Crippen LogP contribution in [0.2, 0.25) is 0 Å². The van der Waals surface area contributed by atoms with Crippen molar-refractivity contribution in [3.8, 4) is 0 Å². The van der Waals surface area contributed by atoms with E-state index in [2.05, 4.69) is 19.4 Å². The summed E-state index contributed by atoms with van der Waals surface area (Å²) < 4.78 is 44.6. The van der Waals surface area contributed by atoms with E-state index in [1.807, 2.05) is 0 Å². The molecule has 0 aliphatic heterocycles. The van der Waals surface area contributed by atoms with Crippen molar-refractivity contribution in [2.45, 2.75) is 12.6 Å². The topological polar surface area (TPSA) is 48.2 Å². The molecule has 0 unspecified atom stereocenters. The summed E-state index contributed by atoms with van der Waals surface area (Å²) in [7, 11) is 1.43. The fourth-order valence-electron chi connectivity index (χ4n) is 0.659. The number of ether oxygens (including phenoxy) is 1. The van der Waals surface area contributed by atoms with E-state index in [1.54, 1.807) is 0 Å². The molecule has 7 heteroatoms. The molecule has 0 aliphatic carbocycles. The Balaban J connectivity index is 2.64. The maximum Gasteiger partial charge on any atom is 0.470 e. The first kappa shape index (κ1) is 9.97. The second-order valence-corrected chi connectivity index (χ2v) is 2.24. The Kier molecular flexibility index (Phi) is 2.86. The van der Waals surface area contributed by atoms with Gasteiger partial charge in [0.25, 0.3) is 0 Å². The van der Waals surface area contributed by atoms with Crippen molar-refractivity contribution in [1.29, 1.82) is 0 Å². The molecular formula is C6H7F3N2O2. The van der Waals surface area contributed by atoms with Gasteiger partial charge in [-0.2, -0.15) is 13.2 Å². The van der Waals surface area contributed by atoms with Crippen LogP contribution in [0.1, 0.15) is 11.8 Å². The minimum absolute atomic E-state index is 0.0748. The third-order valence-corrected chi connectivity index (χ3v) is 1.23. The predicted octanol–water partition coefficient (Wildman–Crippen LogP) is 1.28. The number of hydrogen-bond donors (Lipinski definition) is 0. The van der Waals surface area contributed by atoms with E-state index in [1.165, 1.54) is 7.11 Å². The van der Waals surface area contributed by atoms with Crippen molar-refractivity contribution < 1.29 is 22.3 Å². The van der Waals surface area contributed by atoms with Crippen LogP contribution in [-0.4, -0.2) is 23.9 Å². The van der Waals surface area contributed by atoms with Crippen LogP contribution in [0.5, 0.6) is 0 Å². The second kappa shape index (κ2) is 3.73. The zero-order valence-electron chi connectivity index (χ0n) is 6.76. The lowest BCUT2D eigenvalue weighted by molar-refractivity contribution is -0.157. The van der Waals surface area contributed by atoms with Gasteiger partial charge in [-0.15, -0.1) is 10.2 Å². The molecule has 0 saturated heterocycles. The molecule has 4 nitrogen and oxygen atoms in total. The highest BCUT2D eigenvalue weighted by Gasteiger charge is 2.37. The Morgan fingerprint density at radius 3 is 2.54 bits per heavy atom. The lowest BCUT2D eigenvalue weighted by atomic mass is 10.5. The molecule has 1 heterocycles. The first-order valence-corrected chi connectivity index (χ1v) is 3.42. The van der Waals surface area contributed by atoms with E-state index in [4.69, 9.17) is 0 Å². The summed E-state index contributed by atoms with van der Waals surface area (Å²) in [5, 5.41) is 6.05. The molecule has 0 aromatic carbocycles. The summed E-state index contributed by atoms with van der Waals surface area (Å²) in [6.45, 7) is 0.249. The van der Waals surface area contributed by atoms with E-state index in [-0.39, 0.29) is 18.9 Å². The van der Waals surface area contributed by atoms with E-state index >= 15 is 0 Å². The van der Waals surface area contributed by atoms with Gasteiger partial charge in [0.15, 0.2) is 0 Å². The van der Waals surface area contributed by atoms with Crippen LogP contribution in [0.3, 0.4) is 0 Å². The van der Waals surface area contributed by atoms with Crippen LogP contribution in [0.4, 0.5) is 13.2 Å². The lowest BCUT2D eigenvalue weighted by Crippen LogP contribution is -2.04. The van der Waals surface area contributed by atoms with E-state index in [9.17, 15) is 13.2 Å². The van der Waals surface area contributed by atoms with Gasteiger partial charge in [0.05, 0.1) is 6.61 Å². The fraction of sp³-hybridized carbons (Fsp3) is 0.667. The largest absolute Gasteiger partial charge is 0.470 e. The molecule has 1 aromatic rings. The van der Waals surface area contributed by atoms with Gasteiger partial charge < -0.3 is 9.15 Å². The Hall–Kier alpha value is -1.11. The van der Waals surface area contributed by atoms with Crippen LogP contribution < -0.4 is 0 Å². The molecule has 0 aliphatic rings. The van der Waals surface area contributed by atoms with Crippen molar-refractivity contribution >= 4 is 0 Å². The predicted molar refractivity (Wildman–Crippen MR) is 34.9 cm³/mol. The fourth-order valence-corrected chi connectivity index (χ4v) is 0.659. The minimum Gasteiger partial charge on any atom is -0.417 e.